The molecule has 0 atom stereocenters. The molecule has 3 aromatic carbocycles. The van der Waals surface area contributed by atoms with Gasteiger partial charge in [-0.15, -0.1) is 0 Å². The largest absolute Gasteiger partial charge is 0.268 e. The first-order valence-electron chi connectivity index (χ1n) is 7.88. The van der Waals surface area contributed by atoms with Crippen LogP contribution in [0.3, 0.4) is 0 Å². The molecule has 4 rings (SSSR count). The molecule has 2 nitrogen and oxygen atoms in total. The van der Waals surface area contributed by atoms with Crippen molar-refractivity contribution in [2.24, 2.45) is 0 Å². The molecule has 0 fully saturated rings. The molecule has 0 N–H and O–H groups in total. The first kappa shape index (κ1) is 14.2. The number of hydrogen-bond acceptors (Lipinski definition) is 2. The normalized spacial score (nSPS) is 11.3. The first-order valence-corrected chi connectivity index (χ1v) is 8.66. The van der Waals surface area contributed by atoms with Gasteiger partial charge in [0, 0.05) is 6.54 Å². The Morgan fingerprint density at radius 2 is 1.57 bits per heavy atom. The maximum Gasteiger partial charge on any atom is 0.268 e. The van der Waals surface area contributed by atoms with E-state index in [-0.39, 0.29) is 5.56 Å². The molecule has 0 unspecified atom stereocenters. The van der Waals surface area contributed by atoms with Gasteiger partial charge in [0.1, 0.15) is 0 Å². The van der Waals surface area contributed by atoms with Gasteiger partial charge in [0.2, 0.25) is 0 Å². The van der Waals surface area contributed by atoms with E-state index in [1.807, 2.05) is 28.2 Å². The quantitative estimate of drug-likeness (QED) is 0.527. The molecular formula is C20H17NOS. The Morgan fingerprint density at radius 1 is 0.826 bits per heavy atom. The third-order valence-electron chi connectivity index (χ3n) is 4.24. The van der Waals surface area contributed by atoms with Gasteiger partial charge >= 0.3 is 0 Å². The fourth-order valence-electron chi connectivity index (χ4n) is 3.09. The summed E-state index contributed by atoms with van der Waals surface area (Å²) in [5.74, 6) is 0. The Kier molecular flexibility index (Phi) is 3.72. The van der Waals surface area contributed by atoms with E-state index in [1.54, 1.807) is 11.5 Å². The van der Waals surface area contributed by atoms with Crippen molar-refractivity contribution in [3.8, 4) is 0 Å². The summed E-state index contributed by atoms with van der Waals surface area (Å²) < 4.78 is 2.96. The number of hydrogen-bond donors (Lipinski definition) is 0. The zero-order valence-corrected chi connectivity index (χ0v) is 13.6. The third kappa shape index (κ3) is 2.68. The summed E-state index contributed by atoms with van der Waals surface area (Å²) >= 11 is 1.57. The number of benzene rings is 3. The average Bonchev–Trinajstić information content (AvgIpc) is 2.92. The second kappa shape index (κ2) is 6.01. The van der Waals surface area contributed by atoms with Crippen molar-refractivity contribution >= 4 is 32.4 Å². The molecule has 0 aliphatic rings. The minimum absolute atomic E-state index is 0.142. The lowest BCUT2D eigenvalue weighted by atomic mass is 10.0. The van der Waals surface area contributed by atoms with Crippen molar-refractivity contribution in [1.82, 2.24) is 3.96 Å². The smallest absolute Gasteiger partial charge is 0.268 e. The van der Waals surface area contributed by atoms with E-state index >= 15 is 0 Å². The molecule has 0 aliphatic heterocycles. The van der Waals surface area contributed by atoms with Crippen LogP contribution in [-0.4, -0.2) is 3.96 Å². The molecule has 1 aromatic heterocycles. The predicted octanol–water partition coefficient (Wildman–Crippen LogP) is 4.85. The summed E-state index contributed by atoms with van der Waals surface area (Å²) in [5, 5.41) is 3.44. The van der Waals surface area contributed by atoms with E-state index < -0.39 is 0 Å². The van der Waals surface area contributed by atoms with Gasteiger partial charge < -0.3 is 0 Å². The highest BCUT2D eigenvalue weighted by Gasteiger charge is 2.07. The molecule has 0 spiro atoms. The van der Waals surface area contributed by atoms with Crippen LogP contribution >= 0.6 is 11.5 Å². The van der Waals surface area contributed by atoms with Crippen LogP contribution in [0, 0.1) is 0 Å². The topological polar surface area (TPSA) is 22.0 Å². The van der Waals surface area contributed by atoms with Gasteiger partial charge in [0.15, 0.2) is 0 Å². The van der Waals surface area contributed by atoms with Gasteiger partial charge in [0.05, 0.1) is 10.1 Å². The van der Waals surface area contributed by atoms with E-state index in [0.717, 1.165) is 29.5 Å². The van der Waals surface area contributed by atoms with Gasteiger partial charge in [-0.1, -0.05) is 66.1 Å². The first-order chi connectivity index (χ1) is 11.3. The predicted molar refractivity (Wildman–Crippen MR) is 98.4 cm³/mol. The van der Waals surface area contributed by atoms with E-state index in [9.17, 15) is 4.79 Å². The Morgan fingerprint density at radius 3 is 2.43 bits per heavy atom. The maximum absolute atomic E-state index is 12.4. The van der Waals surface area contributed by atoms with Crippen LogP contribution < -0.4 is 5.56 Å². The van der Waals surface area contributed by atoms with Crippen molar-refractivity contribution in [3.05, 3.63) is 82.6 Å². The molecule has 0 radical (unpaired) electrons. The lowest BCUT2D eigenvalue weighted by molar-refractivity contribution is 0.674. The van der Waals surface area contributed by atoms with Gasteiger partial charge in [-0.2, -0.15) is 0 Å². The summed E-state index contributed by atoms with van der Waals surface area (Å²) in [7, 11) is 0. The summed E-state index contributed by atoms with van der Waals surface area (Å²) in [6.07, 6.45) is 1.96. The molecular weight excluding hydrogens is 302 g/mol. The monoisotopic (exact) mass is 319 g/mol. The van der Waals surface area contributed by atoms with E-state index in [2.05, 4.69) is 42.5 Å². The molecule has 0 saturated heterocycles. The van der Waals surface area contributed by atoms with Crippen molar-refractivity contribution in [2.75, 3.05) is 0 Å². The van der Waals surface area contributed by atoms with Gasteiger partial charge in [-0.05, 0) is 41.3 Å². The Bertz CT molecular complexity index is 1020. The Hall–Kier alpha value is -2.39. The van der Waals surface area contributed by atoms with Crippen LogP contribution in [0.2, 0.25) is 0 Å². The zero-order valence-electron chi connectivity index (χ0n) is 12.7. The Balaban J connectivity index is 1.55. The summed E-state index contributed by atoms with van der Waals surface area (Å²) in [5.41, 5.74) is 1.50. The van der Waals surface area contributed by atoms with Crippen molar-refractivity contribution in [3.63, 3.8) is 0 Å². The molecule has 4 aromatic rings. The minimum Gasteiger partial charge on any atom is -0.268 e. The highest BCUT2D eigenvalue weighted by atomic mass is 32.1. The molecule has 23 heavy (non-hydrogen) atoms. The number of aromatic nitrogens is 1. The number of aryl methyl sites for hydroxylation is 2. The van der Waals surface area contributed by atoms with E-state index in [0.29, 0.717) is 0 Å². The summed E-state index contributed by atoms with van der Waals surface area (Å²) in [6, 6.07) is 22.8. The van der Waals surface area contributed by atoms with E-state index in [4.69, 9.17) is 0 Å². The third-order valence-corrected chi connectivity index (χ3v) is 5.36. The fraction of sp³-hybridized carbons (Fsp3) is 0.150. The Labute approximate surface area is 138 Å². The molecule has 1 heterocycles. The van der Waals surface area contributed by atoms with Gasteiger partial charge in [-0.25, -0.2) is 0 Å². The van der Waals surface area contributed by atoms with E-state index in [1.165, 1.54) is 16.3 Å². The standard InChI is InChI=1S/C20H17NOS/c22-20-18-12-3-4-13-19(18)23-21(20)14-6-10-16-9-5-8-15-7-1-2-11-17(15)16/h1-5,7-9,11-13H,6,10,14H2. The van der Waals surface area contributed by atoms with Crippen molar-refractivity contribution in [1.29, 1.82) is 0 Å². The highest BCUT2D eigenvalue weighted by Crippen LogP contribution is 2.21. The van der Waals surface area contributed by atoms with Crippen LogP contribution in [0.4, 0.5) is 0 Å². The molecule has 0 amide bonds. The van der Waals surface area contributed by atoms with Crippen molar-refractivity contribution in [2.45, 2.75) is 19.4 Å². The average molecular weight is 319 g/mol. The van der Waals surface area contributed by atoms with Crippen LogP contribution in [0.15, 0.2) is 71.5 Å². The molecule has 0 aliphatic carbocycles. The lowest BCUT2D eigenvalue weighted by Crippen LogP contribution is -2.13. The van der Waals surface area contributed by atoms with Crippen LogP contribution in [0.25, 0.3) is 20.9 Å². The van der Waals surface area contributed by atoms with Crippen LogP contribution in [0.1, 0.15) is 12.0 Å². The molecule has 3 heteroatoms. The number of fused-ring (bicyclic) bond motifs is 2. The number of nitrogens with zero attached hydrogens (tertiary/aromatic N) is 1. The molecule has 114 valence electrons. The number of rotatable bonds is 4. The second-order valence-corrected chi connectivity index (χ2v) is 6.80. The fourth-order valence-corrected chi connectivity index (χ4v) is 4.12. The summed E-state index contributed by atoms with van der Waals surface area (Å²) in [6.45, 7) is 0.779. The van der Waals surface area contributed by atoms with Crippen LogP contribution in [-0.2, 0) is 13.0 Å². The van der Waals surface area contributed by atoms with Gasteiger partial charge in [-0.3, -0.25) is 8.75 Å². The summed E-state index contributed by atoms with van der Waals surface area (Å²) in [4.78, 5) is 12.4. The zero-order chi connectivity index (χ0) is 15.6. The maximum atomic E-state index is 12.4. The van der Waals surface area contributed by atoms with Crippen molar-refractivity contribution < 1.29 is 0 Å². The highest BCUT2D eigenvalue weighted by molar-refractivity contribution is 7.13. The molecule has 0 saturated carbocycles. The SMILES string of the molecule is O=c1c2ccccc2sn1CCCc1cccc2ccccc12. The van der Waals surface area contributed by atoms with Gasteiger partial charge in [0.25, 0.3) is 5.56 Å². The lowest BCUT2D eigenvalue weighted by Gasteiger charge is -2.06. The minimum atomic E-state index is 0.142. The second-order valence-electron chi connectivity index (χ2n) is 5.74. The van der Waals surface area contributed by atoms with Crippen LogP contribution in [0.5, 0.6) is 0 Å². The molecule has 0 bridgehead atoms.